The van der Waals surface area contributed by atoms with Crippen molar-refractivity contribution in [3.05, 3.63) is 60.2 Å². The van der Waals surface area contributed by atoms with E-state index >= 15 is 0 Å². The van der Waals surface area contributed by atoms with Crippen molar-refractivity contribution in [1.82, 2.24) is 0 Å². The van der Waals surface area contributed by atoms with Gasteiger partial charge in [0.05, 0.1) is 17.1 Å². The van der Waals surface area contributed by atoms with E-state index in [0.717, 1.165) is 5.39 Å². The van der Waals surface area contributed by atoms with Gasteiger partial charge in [-0.05, 0) is 53.4 Å². The van der Waals surface area contributed by atoms with Crippen LogP contribution in [-0.2, 0) is 31.9 Å². The number of carboxylic acid groups (broad SMARTS) is 1. The van der Waals surface area contributed by atoms with Gasteiger partial charge in [-0.15, -0.1) is 0 Å². The molecule has 1 N–H and O–H groups in total. The molecule has 0 aromatic heterocycles. The van der Waals surface area contributed by atoms with E-state index < -0.39 is 26.6 Å². The highest BCUT2D eigenvalue weighted by Gasteiger charge is 2.13. The fourth-order valence-electron chi connectivity index (χ4n) is 2.91. The van der Waals surface area contributed by atoms with Gasteiger partial charge in [0.25, 0.3) is 0 Å². The average Bonchev–Trinajstić information content (AvgIpc) is 2.67. The second-order valence-electron chi connectivity index (χ2n) is 6.48. The molecule has 3 rings (SSSR count). The van der Waals surface area contributed by atoms with E-state index in [4.69, 9.17) is 9.84 Å². The smallest absolute Gasteiger partial charge is 0.307 e. The number of carbonyl (C=O) groups is 1. The minimum atomic E-state index is -3.31. The SMILES string of the molecule is CCS(=O)(=O)c1ccc(Oc2cc(CC(=O)O)cc3ccc(S(C)=O)cc23)cc1. The van der Waals surface area contributed by atoms with E-state index in [-0.39, 0.29) is 17.1 Å². The first-order valence-corrected chi connectivity index (χ1v) is 12.0. The first-order valence-electron chi connectivity index (χ1n) is 8.82. The van der Waals surface area contributed by atoms with Crippen molar-refractivity contribution >= 4 is 37.4 Å². The van der Waals surface area contributed by atoms with Crippen LogP contribution in [0, 0.1) is 0 Å². The van der Waals surface area contributed by atoms with E-state index in [1.54, 1.807) is 55.6 Å². The third-order valence-corrected chi connectivity index (χ3v) is 7.09. The molecular formula is C21H20O6S2. The lowest BCUT2D eigenvalue weighted by atomic mass is 10.0. The Balaban J connectivity index is 2.07. The van der Waals surface area contributed by atoms with Crippen molar-refractivity contribution in [3.8, 4) is 11.5 Å². The molecule has 0 aliphatic carbocycles. The number of ether oxygens (including phenoxy) is 1. The highest BCUT2D eigenvalue weighted by Crippen LogP contribution is 2.33. The van der Waals surface area contributed by atoms with Gasteiger partial charge in [-0.25, -0.2) is 8.42 Å². The molecule has 0 radical (unpaired) electrons. The largest absolute Gasteiger partial charge is 0.481 e. The lowest BCUT2D eigenvalue weighted by molar-refractivity contribution is -0.136. The number of carboxylic acids is 1. The summed E-state index contributed by atoms with van der Waals surface area (Å²) in [6, 6.07) is 14.7. The topological polar surface area (TPSA) is 97.7 Å². The molecule has 1 atom stereocenters. The van der Waals surface area contributed by atoms with E-state index in [1.807, 2.05) is 0 Å². The van der Waals surface area contributed by atoms with Gasteiger partial charge in [0.1, 0.15) is 11.5 Å². The number of aliphatic carboxylic acids is 1. The van der Waals surface area contributed by atoms with Crippen LogP contribution < -0.4 is 4.74 Å². The Bertz CT molecular complexity index is 1200. The Morgan fingerprint density at radius 1 is 1.07 bits per heavy atom. The molecule has 3 aromatic rings. The van der Waals surface area contributed by atoms with Gasteiger partial charge in [-0.2, -0.15) is 0 Å². The quantitative estimate of drug-likeness (QED) is 0.610. The molecule has 0 saturated carbocycles. The molecule has 6 nitrogen and oxygen atoms in total. The predicted octanol–water partition coefficient (Wildman–Crippen LogP) is 3.79. The van der Waals surface area contributed by atoms with Gasteiger partial charge >= 0.3 is 5.97 Å². The number of rotatable bonds is 7. The zero-order valence-electron chi connectivity index (χ0n) is 15.9. The Morgan fingerprint density at radius 2 is 1.76 bits per heavy atom. The van der Waals surface area contributed by atoms with Crippen molar-refractivity contribution in [2.75, 3.05) is 12.0 Å². The summed E-state index contributed by atoms with van der Waals surface area (Å²) in [5, 5.41) is 10.6. The summed E-state index contributed by atoms with van der Waals surface area (Å²) in [4.78, 5) is 12.0. The fourth-order valence-corrected chi connectivity index (χ4v) is 4.34. The molecule has 0 aliphatic rings. The molecular weight excluding hydrogens is 412 g/mol. The second kappa shape index (κ2) is 8.34. The fraction of sp³-hybridized carbons (Fsp3) is 0.190. The van der Waals surface area contributed by atoms with Crippen LogP contribution in [0.4, 0.5) is 0 Å². The van der Waals surface area contributed by atoms with E-state index in [1.165, 1.54) is 12.1 Å². The Kier molecular flexibility index (Phi) is 6.04. The third kappa shape index (κ3) is 4.83. The highest BCUT2D eigenvalue weighted by atomic mass is 32.2. The zero-order valence-corrected chi connectivity index (χ0v) is 17.5. The molecule has 0 saturated heterocycles. The molecule has 8 heteroatoms. The molecule has 0 bridgehead atoms. The predicted molar refractivity (Wildman–Crippen MR) is 112 cm³/mol. The monoisotopic (exact) mass is 432 g/mol. The Morgan fingerprint density at radius 3 is 2.34 bits per heavy atom. The van der Waals surface area contributed by atoms with Crippen molar-refractivity contribution in [1.29, 1.82) is 0 Å². The van der Waals surface area contributed by atoms with Crippen molar-refractivity contribution < 1.29 is 27.3 Å². The van der Waals surface area contributed by atoms with Gasteiger partial charge in [-0.3, -0.25) is 9.00 Å². The summed E-state index contributed by atoms with van der Waals surface area (Å²) in [6.07, 6.45) is 1.41. The van der Waals surface area contributed by atoms with Crippen molar-refractivity contribution in [3.63, 3.8) is 0 Å². The summed E-state index contributed by atoms with van der Waals surface area (Å²) in [5.41, 5.74) is 0.565. The van der Waals surface area contributed by atoms with E-state index in [0.29, 0.717) is 27.3 Å². The molecule has 0 heterocycles. The molecule has 0 amide bonds. The number of hydrogen-bond donors (Lipinski definition) is 1. The van der Waals surface area contributed by atoms with Gasteiger partial charge in [-0.1, -0.05) is 19.1 Å². The van der Waals surface area contributed by atoms with Crippen LogP contribution in [-0.4, -0.2) is 35.7 Å². The summed E-state index contributed by atoms with van der Waals surface area (Å²) in [6.45, 7) is 1.58. The first kappa shape index (κ1) is 21.0. The molecule has 152 valence electrons. The molecule has 0 aliphatic heterocycles. The Labute approximate surface area is 171 Å². The average molecular weight is 433 g/mol. The van der Waals surface area contributed by atoms with E-state index in [9.17, 15) is 17.4 Å². The maximum absolute atomic E-state index is 12.0. The zero-order chi connectivity index (χ0) is 21.2. The normalized spacial score (nSPS) is 12.6. The highest BCUT2D eigenvalue weighted by molar-refractivity contribution is 7.91. The molecule has 3 aromatic carbocycles. The first-order chi connectivity index (χ1) is 13.7. The van der Waals surface area contributed by atoms with Gasteiger partial charge in [0, 0.05) is 27.3 Å². The lowest BCUT2D eigenvalue weighted by Gasteiger charge is -2.13. The van der Waals surface area contributed by atoms with Gasteiger partial charge in [0.15, 0.2) is 9.84 Å². The minimum absolute atomic E-state index is 0.00596. The van der Waals surface area contributed by atoms with Gasteiger partial charge in [0.2, 0.25) is 0 Å². The Hall–Kier alpha value is -2.71. The maximum atomic E-state index is 12.0. The molecule has 0 fully saturated rings. The van der Waals surface area contributed by atoms with Crippen LogP contribution in [0.2, 0.25) is 0 Å². The van der Waals surface area contributed by atoms with Crippen LogP contribution in [0.1, 0.15) is 12.5 Å². The third-order valence-electron chi connectivity index (χ3n) is 4.43. The van der Waals surface area contributed by atoms with Crippen LogP contribution in [0.5, 0.6) is 11.5 Å². The standard InChI is InChI=1S/C21H20O6S2/c1-3-29(25,26)18-8-5-16(6-9-18)27-20-11-14(12-21(22)23)10-15-4-7-17(28(2)24)13-19(15)20/h4-11,13H,3,12H2,1-2H3,(H,22,23). The lowest BCUT2D eigenvalue weighted by Crippen LogP contribution is -2.03. The molecule has 0 spiro atoms. The number of sulfone groups is 1. The number of benzene rings is 3. The van der Waals surface area contributed by atoms with E-state index in [2.05, 4.69) is 0 Å². The van der Waals surface area contributed by atoms with Crippen LogP contribution in [0.25, 0.3) is 10.8 Å². The van der Waals surface area contributed by atoms with Gasteiger partial charge < -0.3 is 9.84 Å². The maximum Gasteiger partial charge on any atom is 0.307 e. The summed E-state index contributed by atoms with van der Waals surface area (Å²) < 4.78 is 41.8. The summed E-state index contributed by atoms with van der Waals surface area (Å²) >= 11 is 0. The van der Waals surface area contributed by atoms with Crippen molar-refractivity contribution in [2.24, 2.45) is 0 Å². The van der Waals surface area contributed by atoms with Crippen LogP contribution in [0.3, 0.4) is 0 Å². The molecule has 1 unspecified atom stereocenters. The number of hydrogen-bond acceptors (Lipinski definition) is 5. The number of fused-ring (bicyclic) bond motifs is 1. The summed E-state index contributed by atoms with van der Waals surface area (Å²) in [7, 11) is -4.50. The molecule has 29 heavy (non-hydrogen) atoms. The second-order valence-corrected chi connectivity index (χ2v) is 10.1. The van der Waals surface area contributed by atoms with Crippen molar-refractivity contribution in [2.45, 2.75) is 23.1 Å². The minimum Gasteiger partial charge on any atom is -0.481 e. The summed E-state index contributed by atoms with van der Waals surface area (Å²) in [5.74, 6) is -0.129. The van der Waals surface area contributed by atoms with Crippen LogP contribution in [0.15, 0.2) is 64.4 Å². The van der Waals surface area contributed by atoms with Crippen LogP contribution >= 0.6 is 0 Å².